The van der Waals surface area contributed by atoms with Gasteiger partial charge in [0.25, 0.3) is 0 Å². The molecule has 9 heteroatoms. The molecule has 0 radical (unpaired) electrons. The first-order valence-corrected chi connectivity index (χ1v) is 12.2. The maximum atomic E-state index is 12.8. The van der Waals surface area contributed by atoms with Crippen LogP contribution in [0.3, 0.4) is 0 Å². The minimum atomic E-state index is -3.60. The van der Waals surface area contributed by atoms with Crippen molar-refractivity contribution < 1.29 is 13.2 Å². The minimum absolute atomic E-state index is 0.0275. The van der Waals surface area contributed by atoms with Gasteiger partial charge in [-0.15, -0.1) is 11.3 Å². The number of nitrogens with one attached hydrogen (secondary N) is 1. The number of likely N-dealkylation sites (tertiary alicyclic amines) is 1. The van der Waals surface area contributed by atoms with Crippen molar-refractivity contribution >= 4 is 27.3 Å². The molecule has 152 valence electrons. The van der Waals surface area contributed by atoms with Gasteiger partial charge in [-0.2, -0.15) is 0 Å². The van der Waals surface area contributed by atoms with Crippen molar-refractivity contribution in [2.45, 2.75) is 50.5 Å². The Hall–Kier alpha value is -1.71. The van der Waals surface area contributed by atoms with E-state index in [-0.39, 0.29) is 17.3 Å². The molecule has 1 amide bonds. The van der Waals surface area contributed by atoms with Gasteiger partial charge in [0.1, 0.15) is 16.4 Å². The van der Waals surface area contributed by atoms with Gasteiger partial charge < -0.3 is 9.47 Å². The summed E-state index contributed by atoms with van der Waals surface area (Å²) >= 11 is 1.46. The number of aromatic nitrogens is 2. The van der Waals surface area contributed by atoms with E-state index < -0.39 is 10.0 Å². The van der Waals surface area contributed by atoms with Crippen molar-refractivity contribution in [1.29, 1.82) is 0 Å². The first-order valence-electron chi connectivity index (χ1n) is 9.82. The van der Waals surface area contributed by atoms with Crippen LogP contribution in [0.25, 0.3) is 10.7 Å². The van der Waals surface area contributed by atoms with Gasteiger partial charge in [-0.1, -0.05) is 0 Å². The van der Waals surface area contributed by atoms with Gasteiger partial charge in [-0.25, -0.2) is 18.1 Å². The molecule has 1 aliphatic heterocycles. The predicted molar refractivity (Wildman–Crippen MR) is 109 cm³/mol. The highest BCUT2D eigenvalue weighted by molar-refractivity contribution is 7.89. The molecule has 2 aliphatic rings. The van der Waals surface area contributed by atoms with Crippen LogP contribution in [0.1, 0.15) is 37.8 Å². The molecule has 2 aromatic heterocycles. The van der Waals surface area contributed by atoms with Crippen molar-refractivity contribution in [3.8, 4) is 10.7 Å². The van der Waals surface area contributed by atoms with Crippen LogP contribution in [-0.2, 0) is 21.4 Å². The summed E-state index contributed by atoms with van der Waals surface area (Å²) in [5, 5.41) is 2.66. The maximum Gasteiger partial charge on any atom is 0.242 e. The molecule has 0 spiro atoms. The molecule has 1 saturated carbocycles. The van der Waals surface area contributed by atoms with E-state index in [4.69, 9.17) is 0 Å². The fraction of sp³-hybridized carbons (Fsp3) is 0.579. The Kier molecular flexibility index (Phi) is 5.57. The number of nitrogens with zero attached hydrogens (tertiary/aromatic N) is 3. The van der Waals surface area contributed by atoms with Crippen LogP contribution < -0.4 is 4.72 Å². The number of hydrogen-bond acceptors (Lipinski definition) is 5. The third-order valence-corrected chi connectivity index (χ3v) is 7.67. The predicted octanol–water partition coefficient (Wildman–Crippen LogP) is 2.62. The summed E-state index contributed by atoms with van der Waals surface area (Å²) in [7, 11) is -3.60. The van der Waals surface area contributed by atoms with Crippen molar-refractivity contribution in [2.24, 2.45) is 5.92 Å². The molecule has 4 rings (SSSR count). The van der Waals surface area contributed by atoms with E-state index in [1.807, 2.05) is 17.2 Å². The van der Waals surface area contributed by atoms with E-state index >= 15 is 0 Å². The second-order valence-electron chi connectivity index (χ2n) is 7.72. The fourth-order valence-electron chi connectivity index (χ4n) is 3.43. The molecular weight excluding hydrogens is 396 g/mol. The molecular formula is C19H26N4O3S2. The summed E-state index contributed by atoms with van der Waals surface area (Å²) in [6.45, 7) is 4.07. The SMILES string of the molecule is Cc1csc(-c2cc(S(=O)(=O)NCC3CC3)cn2CC(=O)N2CCCCC2)n1. The van der Waals surface area contributed by atoms with E-state index in [9.17, 15) is 13.2 Å². The first-order chi connectivity index (χ1) is 13.4. The lowest BCUT2D eigenvalue weighted by molar-refractivity contribution is -0.132. The summed E-state index contributed by atoms with van der Waals surface area (Å²) in [6.07, 6.45) is 6.95. The summed E-state index contributed by atoms with van der Waals surface area (Å²) < 4.78 is 29.9. The van der Waals surface area contributed by atoms with E-state index in [1.165, 1.54) is 11.3 Å². The van der Waals surface area contributed by atoms with Gasteiger partial charge in [-0.3, -0.25) is 4.79 Å². The van der Waals surface area contributed by atoms with Crippen LogP contribution in [0.15, 0.2) is 22.5 Å². The number of sulfonamides is 1. The van der Waals surface area contributed by atoms with Gasteiger partial charge in [-0.05, 0) is 51.0 Å². The fourth-order valence-corrected chi connectivity index (χ4v) is 5.42. The monoisotopic (exact) mass is 422 g/mol. The van der Waals surface area contributed by atoms with Crippen LogP contribution in [0, 0.1) is 12.8 Å². The zero-order valence-corrected chi connectivity index (χ0v) is 17.7. The van der Waals surface area contributed by atoms with E-state index in [0.717, 1.165) is 55.9 Å². The number of amides is 1. The average Bonchev–Trinajstić information content (AvgIpc) is 3.27. The van der Waals surface area contributed by atoms with Crippen LogP contribution in [-0.4, -0.2) is 48.4 Å². The maximum absolute atomic E-state index is 12.8. The number of thiazole rings is 1. The number of piperidine rings is 1. The molecule has 0 bridgehead atoms. The van der Waals surface area contributed by atoms with Crippen molar-refractivity contribution in [2.75, 3.05) is 19.6 Å². The highest BCUT2D eigenvalue weighted by Gasteiger charge is 2.27. The average molecular weight is 423 g/mol. The number of rotatable bonds is 7. The molecule has 1 aliphatic carbocycles. The lowest BCUT2D eigenvalue weighted by Crippen LogP contribution is -2.37. The Bertz CT molecular complexity index is 954. The van der Waals surface area contributed by atoms with Crippen LogP contribution in [0.5, 0.6) is 0 Å². The largest absolute Gasteiger partial charge is 0.341 e. The van der Waals surface area contributed by atoms with Gasteiger partial charge in [0.05, 0.1) is 5.69 Å². The van der Waals surface area contributed by atoms with E-state index in [0.29, 0.717) is 18.2 Å². The number of carbonyl (C=O) groups is 1. The van der Waals surface area contributed by atoms with Gasteiger partial charge >= 0.3 is 0 Å². The highest BCUT2D eigenvalue weighted by atomic mass is 32.2. The molecule has 2 aromatic rings. The zero-order chi connectivity index (χ0) is 19.7. The summed E-state index contributed by atoms with van der Waals surface area (Å²) in [5.41, 5.74) is 1.56. The molecule has 28 heavy (non-hydrogen) atoms. The third-order valence-electron chi connectivity index (χ3n) is 5.29. The number of aryl methyl sites for hydroxylation is 1. The molecule has 0 aromatic carbocycles. The number of hydrogen-bond donors (Lipinski definition) is 1. The lowest BCUT2D eigenvalue weighted by atomic mass is 10.1. The highest BCUT2D eigenvalue weighted by Crippen LogP contribution is 2.30. The molecule has 7 nitrogen and oxygen atoms in total. The second-order valence-corrected chi connectivity index (χ2v) is 10.3. The first kappa shape index (κ1) is 19.6. The Morgan fingerprint density at radius 2 is 2.04 bits per heavy atom. The summed E-state index contributed by atoms with van der Waals surface area (Å²) in [6, 6.07) is 1.64. The Balaban J connectivity index is 1.61. The molecule has 1 N–H and O–H groups in total. The lowest BCUT2D eigenvalue weighted by Gasteiger charge is -2.27. The third kappa shape index (κ3) is 4.47. The molecule has 3 heterocycles. The molecule has 1 saturated heterocycles. The van der Waals surface area contributed by atoms with Crippen LogP contribution in [0.4, 0.5) is 0 Å². The van der Waals surface area contributed by atoms with E-state index in [1.54, 1.807) is 16.8 Å². The quantitative estimate of drug-likeness (QED) is 0.743. The van der Waals surface area contributed by atoms with Crippen molar-refractivity contribution in [1.82, 2.24) is 19.2 Å². The Morgan fingerprint density at radius 1 is 1.29 bits per heavy atom. The van der Waals surface area contributed by atoms with E-state index in [2.05, 4.69) is 9.71 Å². The topological polar surface area (TPSA) is 84.3 Å². The van der Waals surface area contributed by atoms with Crippen LogP contribution >= 0.6 is 11.3 Å². The van der Waals surface area contributed by atoms with Gasteiger partial charge in [0.15, 0.2) is 0 Å². The van der Waals surface area contributed by atoms with Crippen LogP contribution in [0.2, 0.25) is 0 Å². The second kappa shape index (κ2) is 7.96. The molecule has 0 unspecified atom stereocenters. The standard InChI is InChI=1S/C19H26N4O3S2/c1-14-13-27-19(21-14)17-9-16(28(25,26)20-10-15-5-6-15)11-23(17)12-18(24)22-7-3-2-4-8-22/h9,11,13,15,20H,2-8,10,12H2,1H3. The molecule has 2 fully saturated rings. The van der Waals surface area contributed by atoms with Gasteiger partial charge in [0.2, 0.25) is 15.9 Å². The van der Waals surface area contributed by atoms with Crippen molar-refractivity contribution in [3.05, 3.63) is 23.3 Å². The summed E-state index contributed by atoms with van der Waals surface area (Å²) in [5.74, 6) is 0.485. The number of carbonyl (C=O) groups excluding carboxylic acids is 1. The zero-order valence-electron chi connectivity index (χ0n) is 16.1. The Morgan fingerprint density at radius 3 is 2.68 bits per heavy atom. The smallest absolute Gasteiger partial charge is 0.242 e. The normalized spacial score (nSPS) is 17.8. The Labute approximate surface area is 169 Å². The summed E-state index contributed by atoms with van der Waals surface area (Å²) in [4.78, 5) is 19.3. The van der Waals surface area contributed by atoms with Crippen molar-refractivity contribution in [3.63, 3.8) is 0 Å². The minimum Gasteiger partial charge on any atom is -0.341 e. The molecule has 0 atom stereocenters. The van der Waals surface area contributed by atoms with Gasteiger partial charge in [0, 0.05) is 36.9 Å².